The fraction of sp³-hybridized carbons (Fsp3) is 0.727. The van der Waals surface area contributed by atoms with Crippen LogP contribution in [0.4, 0.5) is 0 Å². The summed E-state index contributed by atoms with van der Waals surface area (Å²) in [7, 11) is -3.59. The molecule has 0 aliphatic heterocycles. The first-order valence-electron chi connectivity index (χ1n) is 6.34. The lowest BCUT2D eigenvalue weighted by atomic mass is 10.4. The van der Waals surface area contributed by atoms with Crippen LogP contribution in [0.3, 0.4) is 0 Å². The Morgan fingerprint density at radius 2 is 2.16 bits per heavy atom. The molecule has 0 bridgehead atoms. The van der Waals surface area contributed by atoms with Crippen LogP contribution in [-0.4, -0.2) is 38.4 Å². The fourth-order valence-corrected chi connectivity index (χ4v) is 3.02. The van der Waals surface area contributed by atoms with Gasteiger partial charge in [0.25, 0.3) is 0 Å². The molecule has 1 aromatic heterocycles. The van der Waals surface area contributed by atoms with E-state index in [1.165, 1.54) is 0 Å². The SMILES string of the molecule is CCCCOCCNS(=O)(=O)c1c(CN)n[nH]c1C. The molecule has 0 amide bonds. The molecule has 0 aliphatic rings. The second kappa shape index (κ2) is 7.59. The average molecular weight is 290 g/mol. The van der Waals surface area contributed by atoms with E-state index in [2.05, 4.69) is 21.8 Å². The second-order valence-electron chi connectivity index (χ2n) is 4.19. The molecule has 0 unspecified atom stereocenters. The first-order valence-corrected chi connectivity index (χ1v) is 7.82. The van der Waals surface area contributed by atoms with E-state index in [-0.39, 0.29) is 18.0 Å². The van der Waals surface area contributed by atoms with Crippen LogP contribution in [0.1, 0.15) is 31.2 Å². The summed E-state index contributed by atoms with van der Waals surface area (Å²) in [6.45, 7) is 5.04. The summed E-state index contributed by atoms with van der Waals surface area (Å²) in [5.41, 5.74) is 6.30. The van der Waals surface area contributed by atoms with Crippen molar-refractivity contribution in [2.75, 3.05) is 19.8 Å². The van der Waals surface area contributed by atoms with Gasteiger partial charge in [0.2, 0.25) is 10.0 Å². The maximum atomic E-state index is 12.1. The van der Waals surface area contributed by atoms with E-state index in [1.807, 2.05) is 0 Å². The van der Waals surface area contributed by atoms with Gasteiger partial charge >= 0.3 is 0 Å². The zero-order chi connectivity index (χ0) is 14.3. The number of unbranched alkanes of at least 4 members (excludes halogenated alkanes) is 1. The highest BCUT2D eigenvalue weighted by Gasteiger charge is 2.22. The summed E-state index contributed by atoms with van der Waals surface area (Å²) < 4.78 is 32.0. The molecule has 8 heteroatoms. The Morgan fingerprint density at radius 3 is 2.79 bits per heavy atom. The van der Waals surface area contributed by atoms with E-state index in [9.17, 15) is 8.42 Å². The number of aromatic amines is 1. The normalized spacial score (nSPS) is 11.9. The molecular weight excluding hydrogens is 268 g/mol. The summed E-state index contributed by atoms with van der Waals surface area (Å²) in [5.74, 6) is 0. The number of aryl methyl sites for hydroxylation is 1. The maximum absolute atomic E-state index is 12.1. The molecule has 0 atom stereocenters. The Balaban J connectivity index is 2.54. The average Bonchev–Trinajstić information content (AvgIpc) is 2.75. The van der Waals surface area contributed by atoms with Crippen LogP contribution in [0, 0.1) is 6.92 Å². The van der Waals surface area contributed by atoms with Crippen LogP contribution in [0.5, 0.6) is 0 Å². The predicted octanol–water partition coefficient (Wildman–Crippen LogP) is 0.272. The van der Waals surface area contributed by atoms with Gasteiger partial charge in [-0.15, -0.1) is 0 Å². The highest BCUT2D eigenvalue weighted by atomic mass is 32.2. The van der Waals surface area contributed by atoms with Gasteiger partial charge in [0.05, 0.1) is 18.0 Å². The fourth-order valence-electron chi connectivity index (χ4n) is 1.63. The van der Waals surface area contributed by atoms with Gasteiger partial charge in [0, 0.05) is 19.7 Å². The Bertz CT molecular complexity index is 484. The van der Waals surface area contributed by atoms with E-state index in [0.717, 1.165) is 12.8 Å². The van der Waals surface area contributed by atoms with Crippen molar-refractivity contribution in [2.45, 2.75) is 38.1 Å². The molecular formula is C11H22N4O3S. The van der Waals surface area contributed by atoms with Crippen LogP contribution in [-0.2, 0) is 21.3 Å². The number of nitrogens with one attached hydrogen (secondary N) is 2. The zero-order valence-electron chi connectivity index (χ0n) is 11.4. The molecule has 0 fully saturated rings. The monoisotopic (exact) mass is 290 g/mol. The summed E-state index contributed by atoms with van der Waals surface area (Å²) >= 11 is 0. The number of aromatic nitrogens is 2. The summed E-state index contributed by atoms with van der Waals surface area (Å²) in [6.07, 6.45) is 2.03. The molecule has 0 aromatic carbocycles. The van der Waals surface area contributed by atoms with Crippen molar-refractivity contribution in [3.05, 3.63) is 11.4 Å². The Morgan fingerprint density at radius 1 is 1.42 bits per heavy atom. The van der Waals surface area contributed by atoms with Crippen molar-refractivity contribution in [3.8, 4) is 0 Å². The Labute approximate surface area is 114 Å². The molecule has 0 aliphatic carbocycles. The molecule has 4 N–H and O–H groups in total. The van der Waals surface area contributed by atoms with Crippen LogP contribution in [0.25, 0.3) is 0 Å². The van der Waals surface area contributed by atoms with Crippen molar-refractivity contribution < 1.29 is 13.2 Å². The number of H-pyrrole nitrogens is 1. The van der Waals surface area contributed by atoms with Gasteiger partial charge in [-0.3, -0.25) is 5.10 Å². The molecule has 0 saturated heterocycles. The van der Waals surface area contributed by atoms with Gasteiger partial charge in [-0.1, -0.05) is 13.3 Å². The maximum Gasteiger partial charge on any atom is 0.244 e. The van der Waals surface area contributed by atoms with E-state index < -0.39 is 10.0 Å². The largest absolute Gasteiger partial charge is 0.380 e. The van der Waals surface area contributed by atoms with Gasteiger partial charge < -0.3 is 10.5 Å². The van der Waals surface area contributed by atoms with Crippen molar-refractivity contribution in [3.63, 3.8) is 0 Å². The summed E-state index contributed by atoms with van der Waals surface area (Å²) in [5, 5.41) is 6.50. The van der Waals surface area contributed by atoms with Crippen molar-refractivity contribution in [2.24, 2.45) is 5.73 Å². The van der Waals surface area contributed by atoms with Crippen LogP contribution in [0.2, 0.25) is 0 Å². The zero-order valence-corrected chi connectivity index (χ0v) is 12.2. The quantitative estimate of drug-likeness (QED) is 0.565. The standard InChI is InChI=1S/C11H22N4O3S/c1-3-4-6-18-7-5-13-19(16,17)11-9(2)14-15-10(11)8-12/h13H,3-8,12H2,1-2H3,(H,14,15). The molecule has 1 rings (SSSR count). The van der Waals surface area contributed by atoms with Gasteiger partial charge in [0.1, 0.15) is 4.90 Å². The minimum atomic E-state index is -3.59. The number of hydrogen-bond donors (Lipinski definition) is 3. The smallest absolute Gasteiger partial charge is 0.244 e. The van der Waals surface area contributed by atoms with E-state index in [0.29, 0.717) is 24.6 Å². The first kappa shape index (κ1) is 16.1. The van der Waals surface area contributed by atoms with E-state index >= 15 is 0 Å². The molecule has 0 saturated carbocycles. The lowest BCUT2D eigenvalue weighted by Gasteiger charge is -2.08. The minimum Gasteiger partial charge on any atom is -0.380 e. The van der Waals surface area contributed by atoms with Gasteiger partial charge in [-0.25, -0.2) is 13.1 Å². The number of nitrogens with zero attached hydrogens (tertiary/aromatic N) is 1. The number of nitrogens with two attached hydrogens (primary N) is 1. The molecule has 1 aromatic rings. The van der Waals surface area contributed by atoms with Crippen LogP contribution < -0.4 is 10.5 Å². The van der Waals surface area contributed by atoms with Crippen molar-refractivity contribution >= 4 is 10.0 Å². The minimum absolute atomic E-state index is 0.0770. The Kier molecular flexibility index (Phi) is 6.43. The summed E-state index contributed by atoms with van der Waals surface area (Å²) in [4.78, 5) is 0.142. The third-order valence-electron chi connectivity index (χ3n) is 2.60. The predicted molar refractivity (Wildman–Crippen MR) is 72.1 cm³/mol. The number of ether oxygens (including phenoxy) is 1. The van der Waals surface area contributed by atoms with Crippen molar-refractivity contribution in [1.82, 2.24) is 14.9 Å². The molecule has 1 heterocycles. The van der Waals surface area contributed by atoms with Crippen LogP contribution >= 0.6 is 0 Å². The third kappa shape index (κ3) is 4.57. The molecule has 110 valence electrons. The van der Waals surface area contributed by atoms with Gasteiger partial charge in [0.15, 0.2) is 0 Å². The van der Waals surface area contributed by atoms with Gasteiger partial charge in [-0.2, -0.15) is 5.10 Å². The highest BCUT2D eigenvalue weighted by molar-refractivity contribution is 7.89. The van der Waals surface area contributed by atoms with Crippen molar-refractivity contribution in [1.29, 1.82) is 0 Å². The third-order valence-corrected chi connectivity index (χ3v) is 4.27. The van der Waals surface area contributed by atoms with E-state index in [4.69, 9.17) is 10.5 Å². The lowest BCUT2D eigenvalue weighted by molar-refractivity contribution is 0.136. The first-order chi connectivity index (χ1) is 9.03. The number of hydrogen-bond acceptors (Lipinski definition) is 5. The molecule has 0 spiro atoms. The topological polar surface area (TPSA) is 110 Å². The van der Waals surface area contributed by atoms with Gasteiger partial charge in [-0.05, 0) is 13.3 Å². The summed E-state index contributed by atoms with van der Waals surface area (Å²) in [6, 6.07) is 0. The van der Waals surface area contributed by atoms with Crippen LogP contribution in [0.15, 0.2) is 4.90 Å². The number of rotatable bonds is 9. The number of sulfonamides is 1. The molecule has 7 nitrogen and oxygen atoms in total. The lowest BCUT2D eigenvalue weighted by Crippen LogP contribution is -2.28. The van der Waals surface area contributed by atoms with E-state index in [1.54, 1.807) is 6.92 Å². The Hall–Kier alpha value is -0.960. The highest BCUT2D eigenvalue weighted by Crippen LogP contribution is 2.16. The molecule has 19 heavy (non-hydrogen) atoms. The molecule has 0 radical (unpaired) electrons. The second-order valence-corrected chi connectivity index (χ2v) is 5.90.